The monoisotopic (exact) mass is 214 g/mol. The number of aromatic hydroxyl groups is 1. The highest BCUT2D eigenvalue weighted by molar-refractivity contribution is 6.32. The molecule has 76 valence electrons. The average molecular weight is 215 g/mol. The van der Waals surface area contributed by atoms with Gasteiger partial charge in [0.1, 0.15) is 5.75 Å². The molecule has 3 nitrogen and oxygen atoms in total. The average Bonchev–Trinajstić information content (AvgIpc) is 2.08. The van der Waals surface area contributed by atoms with Crippen LogP contribution in [0, 0.1) is 0 Å². The van der Waals surface area contributed by atoms with Crippen molar-refractivity contribution in [2.75, 3.05) is 0 Å². The molecule has 4 heteroatoms. The van der Waals surface area contributed by atoms with E-state index in [0.717, 1.165) is 0 Å². The summed E-state index contributed by atoms with van der Waals surface area (Å²) in [5.41, 5.74) is 0.645. The third kappa shape index (κ3) is 1.99. The molecule has 0 unspecified atom stereocenters. The van der Waals surface area contributed by atoms with Crippen molar-refractivity contribution >= 4 is 17.6 Å². The molecule has 0 bridgehead atoms. The molecule has 0 radical (unpaired) electrons. The van der Waals surface area contributed by atoms with Crippen LogP contribution in [0.2, 0.25) is 5.02 Å². The molecule has 0 spiro atoms. The quantitative estimate of drug-likeness (QED) is 0.796. The Balaban J connectivity index is 3.35. The molecule has 14 heavy (non-hydrogen) atoms. The van der Waals surface area contributed by atoms with E-state index in [1.165, 1.54) is 12.1 Å². The summed E-state index contributed by atoms with van der Waals surface area (Å²) < 4.78 is 0. The molecule has 0 aliphatic carbocycles. The highest BCUT2D eigenvalue weighted by atomic mass is 35.5. The van der Waals surface area contributed by atoms with E-state index < -0.39 is 5.97 Å². The first-order chi connectivity index (χ1) is 6.43. The van der Waals surface area contributed by atoms with Crippen molar-refractivity contribution in [2.45, 2.75) is 19.8 Å². The molecule has 0 amide bonds. The van der Waals surface area contributed by atoms with Crippen molar-refractivity contribution in [2.24, 2.45) is 0 Å². The van der Waals surface area contributed by atoms with Crippen molar-refractivity contribution in [1.82, 2.24) is 0 Å². The molecule has 1 aromatic rings. The Morgan fingerprint density at radius 3 is 2.43 bits per heavy atom. The molecule has 1 aromatic carbocycles. The zero-order valence-electron chi connectivity index (χ0n) is 7.91. The van der Waals surface area contributed by atoms with Crippen LogP contribution in [0.25, 0.3) is 0 Å². The van der Waals surface area contributed by atoms with Crippen LogP contribution in [0.5, 0.6) is 5.75 Å². The van der Waals surface area contributed by atoms with Crippen LogP contribution >= 0.6 is 11.6 Å². The Labute approximate surface area is 86.9 Å². The Kier molecular flexibility index (Phi) is 3.01. The maximum absolute atomic E-state index is 10.7. The molecule has 0 saturated heterocycles. The van der Waals surface area contributed by atoms with Gasteiger partial charge in [0.2, 0.25) is 0 Å². The van der Waals surface area contributed by atoms with Crippen LogP contribution < -0.4 is 0 Å². The smallest absolute Gasteiger partial charge is 0.335 e. The molecule has 0 aliphatic heterocycles. The van der Waals surface area contributed by atoms with Crippen LogP contribution in [-0.2, 0) is 0 Å². The number of aromatic carboxylic acids is 1. The molecule has 0 aliphatic rings. The first-order valence-corrected chi connectivity index (χ1v) is 4.57. The van der Waals surface area contributed by atoms with Crippen LogP contribution in [0.15, 0.2) is 12.1 Å². The lowest BCUT2D eigenvalue weighted by Gasteiger charge is -2.10. The van der Waals surface area contributed by atoms with Gasteiger partial charge in [0.05, 0.1) is 10.6 Å². The number of hydrogen-bond acceptors (Lipinski definition) is 2. The molecular weight excluding hydrogens is 204 g/mol. The summed E-state index contributed by atoms with van der Waals surface area (Å²) in [6.07, 6.45) is 0. The molecule has 0 atom stereocenters. The molecule has 0 fully saturated rings. The van der Waals surface area contributed by atoms with E-state index in [2.05, 4.69) is 0 Å². The predicted octanol–water partition coefficient (Wildman–Crippen LogP) is 2.87. The normalized spacial score (nSPS) is 10.6. The Bertz CT molecular complexity index is 372. The second kappa shape index (κ2) is 3.88. The van der Waals surface area contributed by atoms with Gasteiger partial charge in [-0.25, -0.2) is 4.79 Å². The second-order valence-corrected chi connectivity index (χ2v) is 3.76. The lowest BCUT2D eigenvalue weighted by Crippen LogP contribution is -1.99. The lowest BCUT2D eigenvalue weighted by molar-refractivity contribution is 0.0697. The van der Waals surface area contributed by atoms with E-state index in [4.69, 9.17) is 16.7 Å². The Morgan fingerprint density at radius 1 is 1.43 bits per heavy atom. The van der Waals surface area contributed by atoms with E-state index in [0.29, 0.717) is 5.56 Å². The van der Waals surface area contributed by atoms with Crippen molar-refractivity contribution in [3.63, 3.8) is 0 Å². The molecule has 0 heterocycles. The number of carbonyl (C=O) groups is 1. The fourth-order valence-electron chi connectivity index (χ4n) is 1.18. The van der Waals surface area contributed by atoms with Gasteiger partial charge in [-0.15, -0.1) is 0 Å². The summed E-state index contributed by atoms with van der Waals surface area (Å²) in [6.45, 7) is 3.72. The Hall–Kier alpha value is -1.22. The number of phenols is 1. The summed E-state index contributed by atoms with van der Waals surface area (Å²) in [5, 5.41) is 18.4. The minimum absolute atomic E-state index is 0.0341. The topological polar surface area (TPSA) is 57.5 Å². The number of phenolic OH excluding ortho intramolecular Hbond substituents is 1. The van der Waals surface area contributed by atoms with E-state index in [9.17, 15) is 9.90 Å². The van der Waals surface area contributed by atoms with Gasteiger partial charge >= 0.3 is 5.97 Å². The van der Waals surface area contributed by atoms with Crippen molar-refractivity contribution in [3.8, 4) is 5.75 Å². The summed E-state index contributed by atoms with van der Waals surface area (Å²) >= 11 is 5.69. The molecular formula is C10H11ClO3. The fourth-order valence-corrected chi connectivity index (χ4v) is 1.41. The van der Waals surface area contributed by atoms with E-state index in [-0.39, 0.29) is 22.3 Å². The number of rotatable bonds is 2. The van der Waals surface area contributed by atoms with E-state index >= 15 is 0 Å². The minimum atomic E-state index is -1.05. The largest absolute Gasteiger partial charge is 0.506 e. The summed E-state index contributed by atoms with van der Waals surface area (Å²) in [4.78, 5) is 10.7. The van der Waals surface area contributed by atoms with Gasteiger partial charge in [0.15, 0.2) is 0 Å². The zero-order chi connectivity index (χ0) is 10.9. The number of carboxylic acids is 1. The van der Waals surface area contributed by atoms with Gasteiger partial charge in [-0.1, -0.05) is 25.4 Å². The highest BCUT2D eigenvalue weighted by Crippen LogP contribution is 2.33. The van der Waals surface area contributed by atoms with Gasteiger partial charge in [0, 0.05) is 0 Å². The molecule has 2 N–H and O–H groups in total. The maximum atomic E-state index is 10.7. The predicted molar refractivity (Wildman–Crippen MR) is 54.2 cm³/mol. The molecule has 1 rings (SSSR count). The van der Waals surface area contributed by atoms with Gasteiger partial charge in [-0.2, -0.15) is 0 Å². The molecule has 0 aromatic heterocycles. The van der Waals surface area contributed by atoms with Gasteiger partial charge in [0.25, 0.3) is 0 Å². The number of halogens is 1. The standard InChI is InChI=1S/C10H11ClO3/c1-5(2)7-3-6(10(13)14)4-8(11)9(7)12/h3-5,12H,1-2H3,(H,13,14). The highest BCUT2D eigenvalue weighted by Gasteiger charge is 2.14. The van der Waals surface area contributed by atoms with Gasteiger partial charge in [-0.05, 0) is 23.6 Å². The SMILES string of the molecule is CC(C)c1cc(C(=O)O)cc(Cl)c1O. The van der Waals surface area contributed by atoms with Crippen molar-refractivity contribution < 1.29 is 15.0 Å². The van der Waals surface area contributed by atoms with Crippen LogP contribution in [0.1, 0.15) is 35.7 Å². The number of carboxylic acid groups (broad SMARTS) is 1. The number of hydrogen-bond donors (Lipinski definition) is 2. The van der Waals surface area contributed by atoms with Gasteiger partial charge < -0.3 is 10.2 Å². The summed E-state index contributed by atoms with van der Waals surface area (Å²) in [6, 6.07) is 2.68. The third-order valence-electron chi connectivity index (χ3n) is 1.96. The minimum Gasteiger partial charge on any atom is -0.506 e. The second-order valence-electron chi connectivity index (χ2n) is 3.36. The maximum Gasteiger partial charge on any atom is 0.335 e. The van der Waals surface area contributed by atoms with E-state index in [1.54, 1.807) is 0 Å². The zero-order valence-corrected chi connectivity index (χ0v) is 8.67. The lowest BCUT2D eigenvalue weighted by atomic mass is 9.99. The molecule has 0 saturated carbocycles. The van der Waals surface area contributed by atoms with Crippen molar-refractivity contribution in [1.29, 1.82) is 0 Å². The first kappa shape index (κ1) is 10.9. The van der Waals surface area contributed by atoms with Crippen molar-refractivity contribution in [3.05, 3.63) is 28.3 Å². The summed E-state index contributed by atoms with van der Waals surface area (Å²) in [7, 11) is 0. The summed E-state index contributed by atoms with van der Waals surface area (Å²) in [5.74, 6) is -1.05. The Morgan fingerprint density at radius 2 is 2.00 bits per heavy atom. The van der Waals surface area contributed by atoms with Crippen LogP contribution in [0.4, 0.5) is 0 Å². The van der Waals surface area contributed by atoms with Crippen LogP contribution in [-0.4, -0.2) is 16.2 Å². The first-order valence-electron chi connectivity index (χ1n) is 4.19. The van der Waals surface area contributed by atoms with Crippen LogP contribution in [0.3, 0.4) is 0 Å². The van der Waals surface area contributed by atoms with E-state index in [1.807, 2.05) is 13.8 Å². The van der Waals surface area contributed by atoms with Gasteiger partial charge in [-0.3, -0.25) is 0 Å². The number of benzene rings is 1. The third-order valence-corrected chi connectivity index (χ3v) is 2.25. The fraction of sp³-hybridized carbons (Fsp3) is 0.300.